The van der Waals surface area contributed by atoms with Crippen LogP contribution in [-0.4, -0.2) is 48.8 Å². The number of carboxylic acid groups (broad SMARTS) is 1. The van der Waals surface area contributed by atoms with Crippen LogP contribution in [0.1, 0.15) is 32.3 Å². The maximum atomic E-state index is 11.6. The molecular formula is C17H25NO4. The summed E-state index contributed by atoms with van der Waals surface area (Å²) in [5, 5.41) is 9.54. The first-order chi connectivity index (χ1) is 10.5. The van der Waals surface area contributed by atoms with E-state index in [1.165, 1.54) is 0 Å². The molecule has 1 aliphatic heterocycles. The molecule has 1 heterocycles. The van der Waals surface area contributed by atoms with Gasteiger partial charge in [0.05, 0.1) is 19.6 Å². The quantitative estimate of drug-likeness (QED) is 0.875. The lowest BCUT2D eigenvalue weighted by atomic mass is 9.89. The Balaban J connectivity index is 2.32. The zero-order valence-electron chi connectivity index (χ0n) is 13.7. The van der Waals surface area contributed by atoms with Crippen molar-refractivity contribution < 1.29 is 19.4 Å². The minimum Gasteiger partial charge on any atom is -0.493 e. The summed E-state index contributed by atoms with van der Waals surface area (Å²) < 4.78 is 10.9. The molecule has 2 atom stereocenters. The molecule has 5 heteroatoms. The number of methoxy groups -OCH3 is 1. The number of carboxylic acids is 1. The molecule has 0 bridgehead atoms. The van der Waals surface area contributed by atoms with Gasteiger partial charge in [-0.05, 0) is 38.5 Å². The van der Waals surface area contributed by atoms with E-state index in [0.717, 1.165) is 12.1 Å². The molecule has 0 amide bonds. The van der Waals surface area contributed by atoms with E-state index in [1.807, 2.05) is 25.1 Å². The largest absolute Gasteiger partial charge is 0.493 e. The van der Waals surface area contributed by atoms with Gasteiger partial charge in [-0.3, -0.25) is 9.69 Å². The van der Waals surface area contributed by atoms with Gasteiger partial charge in [-0.25, -0.2) is 0 Å². The van der Waals surface area contributed by atoms with Crippen LogP contribution in [0.4, 0.5) is 0 Å². The highest BCUT2D eigenvalue weighted by atomic mass is 16.5. The monoisotopic (exact) mass is 307 g/mol. The molecule has 0 aliphatic carbocycles. The number of aliphatic carboxylic acids is 1. The lowest BCUT2D eigenvalue weighted by Crippen LogP contribution is -2.29. The number of ether oxygens (including phenoxy) is 2. The van der Waals surface area contributed by atoms with Gasteiger partial charge in [0, 0.05) is 25.0 Å². The van der Waals surface area contributed by atoms with Crippen molar-refractivity contribution >= 4 is 5.97 Å². The molecule has 22 heavy (non-hydrogen) atoms. The molecule has 0 aromatic heterocycles. The molecule has 122 valence electrons. The van der Waals surface area contributed by atoms with Gasteiger partial charge in [0.2, 0.25) is 0 Å². The van der Waals surface area contributed by atoms with Crippen LogP contribution in [0.5, 0.6) is 11.5 Å². The molecule has 1 aliphatic rings. The van der Waals surface area contributed by atoms with Gasteiger partial charge in [0.25, 0.3) is 0 Å². The van der Waals surface area contributed by atoms with Crippen molar-refractivity contribution in [3.8, 4) is 11.5 Å². The third-order valence-corrected chi connectivity index (χ3v) is 4.31. The maximum absolute atomic E-state index is 11.6. The summed E-state index contributed by atoms with van der Waals surface area (Å²) in [4.78, 5) is 13.8. The molecule has 1 N–H and O–H groups in total. The van der Waals surface area contributed by atoms with E-state index in [9.17, 15) is 9.90 Å². The fourth-order valence-corrected chi connectivity index (χ4v) is 3.04. The number of rotatable bonds is 6. The topological polar surface area (TPSA) is 59.0 Å². The average Bonchev–Trinajstić information content (AvgIpc) is 2.93. The summed E-state index contributed by atoms with van der Waals surface area (Å²) >= 11 is 0. The Morgan fingerprint density at radius 2 is 2.09 bits per heavy atom. The minimum atomic E-state index is -0.734. The lowest BCUT2D eigenvalue weighted by molar-refractivity contribution is -0.141. The molecular weight excluding hydrogens is 282 g/mol. The minimum absolute atomic E-state index is 0.0231. The zero-order chi connectivity index (χ0) is 16.3. The van der Waals surface area contributed by atoms with Gasteiger partial charge in [-0.15, -0.1) is 0 Å². The highest BCUT2D eigenvalue weighted by Crippen LogP contribution is 2.38. The van der Waals surface area contributed by atoms with E-state index in [2.05, 4.69) is 18.7 Å². The molecule has 1 aromatic rings. The summed E-state index contributed by atoms with van der Waals surface area (Å²) in [6.07, 6.45) is 0. The van der Waals surface area contributed by atoms with Crippen molar-refractivity contribution in [3.63, 3.8) is 0 Å². The van der Waals surface area contributed by atoms with Crippen molar-refractivity contribution in [1.29, 1.82) is 0 Å². The molecule has 1 aromatic carbocycles. The van der Waals surface area contributed by atoms with Crippen molar-refractivity contribution in [2.75, 3.05) is 26.8 Å². The molecule has 1 saturated heterocycles. The SMILES string of the molecule is CCOc1cc(C2CN(C(C)C)CC2C(=O)O)ccc1OC. The summed E-state index contributed by atoms with van der Waals surface area (Å²) in [7, 11) is 1.60. The van der Waals surface area contributed by atoms with E-state index in [0.29, 0.717) is 30.7 Å². The van der Waals surface area contributed by atoms with Crippen LogP contribution in [0.3, 0.4) is 0 Å². The van der Waals surface area contributed by atoms with Crippen LogP contribution in [0.15, 0.2) is 18.2 Å². The Hall–Kier alpha value is -1.75. The van der Waals surface area contributed by atoms with E-state index < -0.39 is 5.97 Å². The molecule has 2 unspecified atom stereocenters. The first kappa shape index (κ1) is 16.6. The van der Waals surface area contributed by atoms with Crippen LogP contribution in [0.25, 0.3) is 0 Å². The van der Waals surface area contributed by atoms with Crippen molar-refractivity contribution in [1.82, 2.24) is 4.90 Å². The smallest absolute Gasteiger partial charge is 0.308 e. The van der Waals surface area contributed by atoms with Crippen LogP contribution in [0, 0.1) is 5.92 Å². The zero-order valence-corrected chi connectivity index (χ0v) is 13.7. The number of nitrogens with zero attached hydrogens (tertiary/aromatic N) is 1. The van der Waals surface area contributed by atoms with Crippen LogP contribution in [-0.2, 0) is 4.79 Å². The second kappa shape index (κ2) is 7.01. The van der Waals surface area contributed by atoms with Gasteiger partial charge in [-0.1, -0.05) is 6.07 Å². The third kappa shape index (κ3) is 3.35. The Morgan fingerprint density at radius 1 is 1.36 bits per heavy atom. The standard InChI is InChI=1S/C17H25NO4/c1-5-22-16-8-12(6-7-15(16)21-4)13-9-18(11(2)3)10-14(13)17(19)20/h6-8,11,13-14H,5,9-10H2,1-4H3,(H,19,20). The fraction of sp³-hybridized carbons (Fsp3) is 0.588. The molecule has 0 saturated carbocycles. The molecule has 0 radical (unpaired) electrons. The third-order valence-electron chi connectivity index (χ3n) is 4.31. The second-order valence-corrected chi connectivity index (χ2v) is 5.94. The summed E-state index contributed by atoms with van der Waals surface area (Å²) in [6, 6.07) is 6.08. The van der Waals surface area contributed by atoms with Crippen LogP contribution >= 0.6 is 0 Å². The average molecular weight is 307 g/mol. The van der Waals surface area contributed by atoms with Crippen LogP contribution < -0.4 is 9.47 Å². The Morgan fingerprint density at radius 3 is 2.64 bits per heavy atom. The van der Waals surface area contributed by atoms with Gasteiger partial charge >= 0.3 is 5.97 Å². The normalized spacial score (nSPS) is 22.0. The predicted octanol–water partition coefficient (Wildman–Crippen LogP) is 2.60. The Bertz CT molecular complexity index is 529. The summed E-state index contributed by atoms with van der Waals surface area (Å²) in [6.45, 7) is 8.01. The van der Waals surface area contributed by atoms with Gasteiger partial charge in [-0.2, -0.15) is 0 Å². The van der Waals surface area contributed by atoms with E-state index in [4.69, 9.17) is 9.47 Å². The molecule has 0 spiro atoms. The maximum Gasteiger partial charge on any atom is 0.308 e. The number of hydrogen-bond donors (Lipinski definition) is 1. The van der Waals surface area contributed by atoms with Crippen molar-refractivity contribution in [2.24, 2.45) is 5.92 Å². The number of carbonyl (C=O) groups is 1. The highest BCUT2D eigenvalue weighted by molar-refractivity contribution is 5.72. The van der Waals surface area contributed by atoms with Gasteiger partial charge in [0.15, 0.2) is 11.5 Å². The summed E-state index contributed by atoms with van der Waals surface area (Å²) in [5.74, 6) is 0.211. The van der Waals surface area contributed by atoms with E-state index >= 15 is 0 Å². The number of benzene rings is 1. The van der Waals surface area contributed by atoms with Gasteiger partial charge < -0.3 is 14.6 Å². The first-order valence-electron chi connectivity index (χ1n) is 7.75. The number of hydrogen-bond acceptors (Lipinski definition) is 4. The molecule has 5 nitrogen and oxygen atoms in total. The van der Waals surface area contributed by atoms with Crippen molar-refractivity contribution in [2.45, 2.75) is 32.7 Å². The lowest BCUT2D eigenvalue weighted by Gasteiger charge is -2.20. The van der Waals surface area contributed by atoms with Gasteiger partial charge in [0.1, 0.15) is 0 Å². The number of likely N-dealkylation sites (tertiary alicyclic amines) is 1. The van der Waals surface area contributed by atoms with Crippen molar-refractivity contribution in [3.05, 3.63) is 23.8 Å². The second-order valence-electron chi connectivity index (χ2n) is 5.94. The van der Waals surface area contributed by atoms with E-state index in [1.54, 1.807) is 7.11 Å². The predicted molar refractivity (Wildman–Crippen MR) is 84.7 cm³/mol. The van der Waals surface area contributed by atoms with Crippen LogP contribution in [0.2, 0.25) is 0 Å². The highest BCUT2D eigenvalue weighted by Gasteiger charge is 2.39. The Kier molecular flexibility index (Phi) is 5.29. The first-order valence-corrected chi connectivity index (χ1v) is 7.75. The fourth-order valence-electron chi connectivity index (χ4n) is 3.04. The molecule has 1 fully saturated rings. The van der Waals surface area contributed by atoms with E-state index in [-0.39, 0.29) is 11.8 Å². The summed E-state index contributed by atoms with van der Waals surface area (Å²) in [5.41, 5.74) is 1.000. The molecule has 2 rings (SSSR count). The Labute approximate surface area is 131 Å².